The highest BCUT2D eigenvalue weighted by Crippen LogP contribution is 2.35. The molecule has 0 amide bonds. The zero-order valence-electron chi connectivity index (χ0n) is 16.2. The number of rotatable bonds is 6. The molecule has 4 aromatic rings. The van der Waals surface area contributed by atoms with Crippen LogP contribution in [0.5, 0.6) is 5.88 Å². The maximum Gasteiger partial charge on any atom is 0.221 e. The fraction of sp³-hybridized carbons (Fsp3) is 0.227. The van der Waals surface area contributed by atoms with Crippen LogP contribution in [0.15, 0.2) is 54.9 Å². The molecule has 2 aromatic carbocycles. The molecular weight excluding hydrogens is 352 g/mol. The summed E-state index contributed by atoms with van der Waals surface area (Å²) in [7, 11) is 1.87. The third-order valence-corrected chi connectivity index (χ3v) is 4.70. The van der Waals surface area contributed by atoms with Gasteiger partial charge in [-0.25, -0.2) is 14.6 Å². The Balaban J connectivity index is 1.60. The molecule has 0 aliphatic heterocycles. The summed E-state index contributed by atoms with van der Waals surface area (Å²) in [4.78, 5) is 8.69. The molecule has 142 valence electrons. The molecule has 0 saturated heterocycles. The molecule has 0 spiro atoms. The summed E-state index contributed by atoms with van der Waals surface area (Å²) >= 11 is 0. The van der Waals surface area contributed by atoms with E-state index in [0.717, 1.165) is 39.0 Å². The van der Waals surface area contributed by atoms with Crippen molar-refractivity contribution in [2.24, 2.45) is 7.05 Å². The molecule has 0 fully saturated rings. The first-order valence-corrected chi connectivity index (χ1v) is 9.14. The van der Waals surface area contributed by atoms with E-state index >= 15 is 0 Å². The van der Waals surface area contributed by atoms with Crippen LogP contribution in [0.1, 0.15) is 17.0 Å². The normalized spacial score (nSPS) is 11.1. The highest BCUT2D eigenvalue weighted by atomic mass is 16.7. The van der Waals surface area contributed by atoms with Crippen molar-refractivity contribution in [3.63, 3.8) is 0 Å². The number of fused-ring (bicyclic) bond motifs is 1. The Bertz CT molecular complexity index is 1090. The SMILES string of the molecule is Cc1ncnc(C)c1-c1cccc2c(OCOCc3ccccc3)n(C)nc12. The minimum atomic E-state index is 0.153. The maximum absolute atomic E-state index is 5.91. The smallest absolute Gasteiger partial charge is 0.221 e. The maximum atomic E-state index is 5.91. The molecular formula is C22H22N4O2. The third kappa shape index (κ3) is 3.46. The van der Waals surface area contributed by atoms with Crippen molar-refractivity contribution in [3.05, 3.63) is 71.8 Å². The molecule has 0 N–H and O–H groups in total. The molecule has 2 aromatic heterocycles. The van der Waals surface area contributed by atoms with Crippen LogP contribution >= 0.6 is 0 Å². The van der Waals surface area contributed by atoms with Crippen molar-refractivity contribution < 1.29 is 9.47 Å². The minimum absolute atomic E-state index is 0.153. The number of benzene rings is 2. The summed E-state index contributed by atoms with van der Waals surface area (Å²) in [5.41, 5.74) is 5.85. The largest absolute Gasteiger partial charge is 0.450 e. The lowest BCUT2D eigenvalue weighted by atomic mass is 10.0. The molecule has 0 radical (unpaired) electrons. The topological polar surface area (TPSA) is 62.1 Å². The predicted octanol–water partition coefficient (Wildman–Crippen LogP) is 4.20. The number of ether oxygens (including phenoxy) is 2. The Morgan fingerprint density at radius 2 is 1.68 bits per heavy atom. The van der Waals surface area contributed by atoms with Crippen LogP contribution in [0.3, 0.4) is 0 Å². The lowest BCUT2D eigenvalue weighted by molar-refractivity contribution is 0.00126. The van der Waals surface area contributed by atoms with Crippen molar-refractivity contribution in [2.75, 3.05) is 6.79 Å². The summed E-state index contributed by atoms with van der Waals surface area (Å²) in [6.07, 6.45) is 1.59. The van der Waals surface area contributed by atoms with Crippen molar-refractivity contribution >= 4 is 10.9 Å². The van der Waals surface area contributed by atoms with Crippen LogP contribution < -0.4 is 4.74 Å². The first-order chi connectivity index (χ1) is 13.6. The van der Waals surface area contributed by atoms with Crippen molar-refractivity contribution in [2.45, 2.75) is 20.5 Å². The van der Waals surface area contributed by atoms with Gasteiger partial charge in [0.05, 0.1) is 12.0 Å². The van der Waals surface area contributed by atoms with Crippen LogP contribution in [0, 0.1) is 13.8 Å². The standard InChI is InChI=1S/C22H22N4O2/c1-15-20(16(2)24-13-23-15)18-10-7-11-19-21(18)25-26(3)22(19)28-14-27-12-17-8-5-4-6-9-17/h4-11,13H,12,14H2,1-3H3. The second-order valence-electron chi connectivity index (χ2n) is 6.65. The molecule has 6 nitrogen and oxygen atoms in total. The lowest BCUT2D eigenvalue weighted by Gasteiger charge is -2.09. The van der Waals surface area contributed by atoms with Gasteiger partial charge < -0.3 is 9.47 Å². The quantitative estimate of drug-likeness (QED) is 0.374. The lowest BCUT2D eigenvalue weighted by Crippen LogP contribution is -2.06. The number of aryl methyl sites for hydroxylation is 3. The van der Waals surface area contributed by atoms with Crippen LogP contribution in [0.4, 0.5) is 0 Å². The molecule has 4 rings (SSSR count). The predicted molar refractivity (Wildman–Crippen MR) is 108 cm³/mol. The van der Waals surface area contributed by atoms with Crippen molar-refractivity contribution in [3.8, 4) is 17.0 Å². The van der Waals surface area contributed by atoms with Gasteiger partial charge >= 0.3 is 0 Å². The molecule has 0 aliphatic carbocycles. The molecule has 0 aliphatic rings. The number of hydrogen-bond acceptors (Lipinski definition) is 5. The van der Waals surface area contributed by atoms with E-state index < -0.39 is 0 Å². The van der Waals surface area contributed by atoms with Crippen LogP contribution in [0.2, 0.25) is 0 Å². The Morgan fingerprint density at radius 1 is 0.929 bits per heavy atom. The van der Waals surface area contributed by atoms with E-state index in [-0.39, 0.29) is 6.79 Å². The molecule has 0 unspecified atom stereocenters. The number of nitrogens with zero attached hydrogens (tertiary/aromatic N) is 4. The van der Waals surface area contributed by atoms with Gasteiger partial charge in [-0.3, -0.25) is 0 Å². The first kappa shape index (κ1) is 18.1. The number of hydrogen-bond donors (Lipinski definition) is 0. The van der Waals surface area contributed by atoms with E-state index in [1.807, 2.05) is 69.4 Å². The molecule has 2 heterocycles. The van der Waals surface area contributed by atoms with Gasteiger partial charge in [0.1, 0.15) is 11.8 Å². The summed E-state index contributed by atoms with van der Waals surface area (Å²) < 4.78 is 13.3. The van der Waals surface area contributed by atoms with Crippen LogP contribution in [0.25, 0.3) is 22.0 Å². The Morgan fingerprint density at radius 3 is 2.43 bits per heavy atom. The van der Waals surface area contributed by atoms with Gasteiger partial charge in [0.25, 0.3) is 0 Å². The summed E-state index contributed by atoms with van der Waals surface area (Å²) in [6.45, 7) is 4.63. The molecule has 28 heavy (non-hydrogen) atoms. The van der Waals surface area contributed by atoms with E-state index in [1.165, 1.54) is 0 Å². The highest BCUT2D eigenvalue weighted by Gasteiger charge is 2.17. The summed E-state index contributed by atoms with van der Waals surface area (Å²) in [6, 6.07) is 16.1. The third-order valence-electron chi connectivity index (χ3n) is 4.70. The zero-order chi connectivity index (χ0) is 19.5. The van der Waals surface area contributed by atoms with Crippen molar-refractivity contribution in [1.82, 2.24) is 19.7 Å². The van der Waals surface area contributed by atoms with E-state index in [0.29, 0.717) is 12.5 Å². The van der Waals surface area contributed by atoms with Crippen LogP contribution in [-0.2, 0) is 18.4 Å². The van der Waals surface area contributed by atoms with E-state index in [9.17, 15) is 0 Å². The Kier molecular flexibility index (Phi) is 5.04. The van der Waals surface area contributed by atoms with Gasteiger partial charge in [-0.2, -0.15) is 5.10 Å². The van der Waals surface area contributed by atoms with Gasteiger partial charge in [-0.1, -0.05) is 42.5 Å². The minimum Gasteiger partial charge on any atom is -0.450 e. The zero-order valence-corrected chi connectivity index (χ0v) is 16.2. The van der Waals surface area contributed by atoms with E-state index in [4.69, 9.17) is 9.47 Å². The Labute approximate surface area is 163 Å². The van der Waals surface area contributed by atoms with Gasteiger partial charge in [0, 0.05) is 29.6 Å². The molecule has 0 bridgehead atoms. The van der Waals surface area contributed by atoms with Gasteiger partial charge in [0.15, 0.2) is 6.79 Å². The fourth-order valence-corrected chi connectivity index (χ4v) is 3.38. The van der Waals surface area contributed by atoms with Gasteiger partial charge in [-0.05, 0) is 25.5 Å². The highest BCUT2D eigenvalue weighted by molar-refractivity contribution is 5.97. The summed E-state index contributed by atoms with van der Waals surface area (Å²) in [5.74, 6) is 0.678. The first-order valence-electron chi connectivity index (χ1n) is 9.14. The molecule has 0 atom stereocenters. The Hall–Kier alpha value is -3.25. The van der Waals surface area contributed by atoms with Gasteiger partial charge in [-0.15, -0.1) is 0 Å². The van der Waals surface area contributed by atoms with Gasteiger partial charge in [0.2, 0.25) is 5.88 Å². The molecule has 0 saturated carbocycles. The summed E-state index contributed by atoms with van der Waals surface area (Å²) in [5, 5.41) is 5.63. The average Bonchev–Trinajstić information content (AvgIpc) is 3.02. The second kappa shape index (κ2) is 7.78. The van der Waals surface area contributed by atoms with Crippen molar-refractivity contribution in [1.29, 1.82) is 0 Å². The van der Waals surface area contributed by atoms with E-state index in [2.05, 4.69) is 15.1 Å². The van der Waals surface area contributed by atoms with Crippen LogP contribution in [-0.4, -0.2) is 26.5 Å². The monoisotopic (exact) mass is 374 g/mol. The average molecular weight is 374 g/mol. The fourth-order valence-electron chi connectivity index (χ4n) is 3.38. The number of aromatic nitrogens is 4. The van der Waals surface area contributed by atoms with E-state index in [1.54, 1.807) is 11.0 Å². The second-order valence-corrected chi connectivity index (χ2v) is 6.65. The molecule has 6 heteroatoms.